The van der Waals surface area contributed by atoms with Gasteiger partial charge in [0, 0.05) is 30.3 Å². The van der Waals surface area contributed by atoms with E-state index in [9.17, 15) is 0 Å². The number of rotatable bonds is 5. The fraction of sp³-hybridized carbons (Fsp3) is 0.333. The number of aryl methyl sites for hydroxylation is 2. The third-order valence-electron chi connectivity index (χ3n) is 3.63. The maximum atomic E-state index is 5.99. The van der Waals surface area contributed by atoms with Crippen LogP contribution in [0.4, 0.5) is 11.6 Å². The Bertz CT molecular complexity index is 847. The standard InChI is InChI=1S/C15H18N6OS/c1-8-9(2)23-15-12(8)14(19-7-20-15)18-5-10-4-17-11(6-22-3)21-13(10)16/h4,7H,5-6H2,1-3H3,(H2,16,17,21)(H,18,19,20). The highest BCUT2D eigenvalue weighted by Gasteiger charge is 2.12. The Labute approximate surface area is 138 Å². The third-order valence-corrected chi connectivity index (χ3v) is 4.75. The van der Waals surface area contributed by atoms with Gasteiger partial charge in [-0.2, -0.15) is 0 Å². The Morgan fingerprint density at radius 2 is 2.09 bits per heavy atom. The fourth-order valence-corrected chi connectivity index (χ4v) is 3.29. The second-order valence-electron chi connectivity index (χ2n) is 5.17. The molecule has 0 aromatic carbocycles. The molecule has 3 heterocycles. The van der Waals surface area contributed by atoms with Crippen molar-refractivity contribution in [2.45, 2.75) is 27.0 Å². The van der Waals surface area contributed by atoms with Crippen molar-refractivity contribution in [3.63, 3.8) is 0 Å². The Hall–Kier alpha value is -2.32. The van der Waals surface area contributed by atoms with E-state index in [1.165, 1.54) is 10.4 Å². The topological polar surface area (TPSA) is 98.8 Å². The lowest BCUT2D eigenvalue weighted by Crippen LogP contribution is -2.09. The van der Waals surface area contributed by atoms with Crippen LogP contribution in [0.15, 0.2) is 12.5 Å². The van der Waals surface area contributed by atoms with Gasteiger partial charge >= 0.3 is 0 Å². The number of methoxy groups -OCH3 is 1. The van der Waals surface area contributed by atoms with Gasteiger partial charge in [-0.3, -0.25) is 0 Å². The van der Waals surface area contributed by atoms with Crippen LogP contribution in [0.1, 0.15) is 21.8 Å². The number of ether oxygens (including phenoxy) is 1. The quantitative estimate of drug-likeness (QED) is 0.741. The average Bonchev–Trinajstić information content (AvgIpc) is 2.82. The molecule has 0 saturated carbocycles. The predicted octanol–water partition coefficient (Wildman–Crippen LogP) is 2.44. The first-order valence-electron chi connectivity index (χ1n) is 7.14. The predicted molar refractivity (Wildman–Crippen MR) is 91.4 cm³/mol. The maximum Gasteiger partial charge on any atom is 0.156 e. The van der Waals surface area contributed by atoms with Gasteiger partial charge in [0.2, 0.25) is 0 Å². The van der Waals surface area contributed by atoms with Gasteiger partial charge in [-0.05, 0) is 19.4 Å². The van der Waals surface area contributed by atoms with Crippen molar-refractivity contribution in [2.75, 3.05) is 18.2 Å². The Morgan fingerprint density at radius 3 is 2.83 bits per heavy atom. The average molecular weight is 330 g/mol. The lowest BCUT2D eigenvalue weighted by molar-refractivity contribution is 0.178. The minimum absolute atomic E-state index is 0.345. The highest BCUT2D eigenvalue weighted by atomic mass is 32.1. The number of nitrogens with one attached hydrogen (secondary N) is 1. The van der Waals surface area contributed by atoms with Crippen LogP contribution in [0.5, 0.6) is 0 Å². The SMILES string of the molecule is COCc1ncc(CNc2ncnc3sc(C)c(C)c23)c(N)n1. The molecular formula is C15H18N6OS. The van der Waals surface area contributed by atoms with E-state index in [0.29, 0.717) is 24.8 Å². The van der Waals surface area contributed by atoms with E-state index in [4.69, 9.17) is 10.5 Å². The summed E-state index contributed by atoms with van der Waals surface area (Å²) in [5, 5.41) is 4.38. The number of hydrogen-bond acceptors (Lipinski definition) is 8. The van der Waals surface area contributed by atoms with E-state index < -0.39 is 0 Å². The van der Waals surface area contributed by atoms with E-state index in [0.717, 1.165) is 21.6 Å². The van der Waals surface area contributed by atoms with Gasteiger partial charge in [-0.25, -0.2) is 19.9 Å². The van der Waals surface area contributed by atoms with Crippen LogP contribution in [0.25, 0.3) is 10.2 Å². The first kappa shape index (κ1) is 15.6. The second-order valence-corrected chi connectivity index (χ2v) is 6.37. The van der Waals surface area contributed by atoms with Crippen LogP contribution in [-0.2, 0) is 17.9 Å². The zero-order valence-electron chi connectivity index (χ0n) is 13.3. The lowest BCUT2D eigenvalue weighted by atomic mass is 10.2. The molecule has 0 amide bonds. The van der Waals surface area contributed by atoms with Crippen molar-refractivity contribution in [1.82, 2.24) is 19.9 Å². The molecule has 0 saturated heterocycles. The highest BCUT2D eigenvalue weighted by Crippen LogP contribution is 2.32. The van der Waals surface area contributed by atoms with E-state index in [2.05, 4.69) is 39.1 Å². The summed E-state index contributed by atoms with van der Waals surface area (Å²) in [4.78, 5) is 19.4. The monoisotopic (exact) mass is 330 g/mol. The molecule has 120 valence electrons. The molecule has 8 heteroatoms. The highest BCUT2D eigenvalue weighted by molar-refractivity contribution is 7.18. The summed E-state index contributed by atoms with van der Waals surface area (Å²) in [7, 11) is 1.60. The van der Waals surface area contributed by atoms with Gasteiger partial charge < -0.3 is 15.8 Å². The molecule has 3 rings (SSSR count). The maximum absolute atomic E-state index is 5.99. The first-order chi connectivity index (χ1) is 11.1. The molecule has 3 aromatic heterocycles. The van der Waals surface area contributed by atoms with Crippen LogP contribution in [-0.4, -0.2) is 27.0 Å². The summed E-state index contributed by atoms with van der Waals surface area (Å²) < 4.78 is 5.00. The van der Waals surface area contributed by atoms with E-state index in [1.54, 1.807) is 31.0 Å². The summed E-state index contributed by atoms with van der Waals surface area (Å²) in [5.41, 5.74) is 8.01. The van der Waals surface area contributed by atoms with Crippen LogP contribution < -0.4 is 11.1 Å². The molecule has 0 aliphatic heterocycles. The number of fused-ring (bicyclic) bond motifs is 1. The number of hydrogen-bond donors (Lipinski definition) is 2. The second kappa shape index (κ2) is 6.43. The molecule has 0 fully saturated rings. The molecule has 0 radical (unpaired) electrons. The van der Waals surface area contributed by atoms with Gasteiger partial charge in [0.15, 0.2) is 5.82 Å². The van der Waals surface area contributed by atoms with Crippen LogP contribution in [0, 0.1) is 13.8 Å². The molecule has 0 aliphatic rings. The molecule has 0 bridgehead atoms. The Balaban J connectivity index is 1.84. The summed E-state index contributed by atoms with van der Waals surface area (Å²) in [6, 6.07) is 0. The number of aromatic nitrogens is 4. The van der Waals surface area contributed by atoms with Crippen molar-refractivity contribution in [3.05, 3.63) is 34.4 Å². The van der Waals surface area contributed by atoms with Crippen LogP contribution in [0.2, 0.25) is 0 Å². The first-order valence-corrected chi connectivity index (χ1v) is 7.95. The minimum atomic E-state index is 0.345. The van der Waals surface area contributed by atoms with Crippen LogP contribution >= 0.6 is 11.3 Å². The largest absolute Gasteiger partial charge is 0.383 e. The number of anilines is 2. The molecule has 0 unspecified atom stereocenters. The number of nitrogens with zero attached hydrogens (tertiary/aromatic N) is 4. The molecule has 0 spiro atoms. The van der Waals surface area contributed by atoms with Crippen molar-refractivity contribution in [1.29, 1.82) is 0 Å². The number of nitrogens with two attached hydrogens (primary N) is 1. The van der Waals surface area contributed by atoms with Gasteiger partial charge in [0.05, 0.1) is 5.39 Å². The number of thiophene rings is 1. The smallest absolute Gasteiger partial charge is 0.156 e. The van der Waals surface area contributed by atoms with Gasteiger partial charge in [-0.15, -0.1) is 11.3 Å². The Morgan fingerprint density at radius 1 is 1.26 bits per heavy atom. The zero-order valence-corrected chi connectivity index (χ0v) is 14.1. The third kappa shape index (κ3) is 3.08. The lowest BCUT2D eigenvalue weighted by Gasteiger charge is -2.09. The van der Waals surface area contributed by atoms with Gasteiger partial charge in [-0.1, -0.05) is 0 Å². The van der Waals surface area contributed by atoms with E-state index in [-0.39, 0.29) is 0 Å². The number of nitrogen functional groups attached to an aromatic ring is 1. The van der Waals surface area contributed by atoms with Crippen molar-refractivity contribution in [2.24, 2.45) is 0 Å². The summed E-state index contributed by atoms with van der Waals surface area (Å²) in [6.07, 6.45) is 3.29. The van der Waals surface area contributed by atoms with E-state index in [1.807, 2.05) is 0 Å². The molecule has 7 nitrogen and oxygen atoms in total. The fourth-order valence-electron chi connectivity index (χ4n) is 2.29. The minimum Gasteiger partial charge on any atom is -0.383 e. The molecule has 0 atom stereocenters. The molecular weight excluding hydrogens is 312 g/mol. The summed E-state index contributed by atoms with van der Waals surface area (Å²) in [5.74, 6) is 1.82. The molecule has 3 N–H and O–H groups in total. The Kier molecular flexibility index (Phi) is 4.35. The van der Waals surface area contributed by atoms with E-state index >= 15 is 0 Å². The van der Waals surface area contributed by atoms with Gasteiger partial charge in [0.25, 0.3) is 0 Å². The van der Waals surface area contributed by atoms with Crippen molar-refractivity contribution < 1.29 is 4.74 Å². The van der Waals surface area contributed by atoms with Crippen LogP contribution in [0.3, 0.4) is 0 Å². The normalized spacial score (nSPS) is 11.1. The summed E-state index contributed by atoms with van der Waals surface area (Å²) >= 11 is 1.67. The summed E-state index contributed by atoms with van der Waals surface area (Å²) in [6.45, 7) is 5.02. The zero-order chi connectivity index (χ0) is 16.4. The molecule has 0 aliphatic carbocycles. The molecule has 3 aromatic rings. The van der Waals surface area contributed by atoms with Crippen molar-refractivity contribution >= 4 is 33.2 Å². The van der Waals surface area contributed by atoms with Gasteiger partial charge in [0.1, 0.15) is 29.4 Å². The molecule has 23 heavy (non-hydrogen) atoms. The van der Waals surface area contributed by atoms with Crippen molar-refractivity contribution in [3.8, 4) is 0 Å².